The van der Waals surface area contributed by atoms with Gasteiger partial charge in [0.15, 0.2) is 23.1 Å². The van der Waals surface area contributed by atoms with Crippen LogP contribution in [0.15, 0.2) is 117 Å². The minimum atomic E-state index is -1.27. The van der Waals surface area contributed by atoms with Gasteiger partial charge in [0.1, 0.15) is 40.2 Å². The molecule has 0 saturated heterocycles. The maximum atomic E-state index is 13.0. The fraction of sp³-hybridized carbons (Fsp3) is 0. The van der Waals surface area contributed by atoms with Crippen LogP contribution in [-0.4, -0.2) is 57.6 Å². The Morgan fingerprint density at radius 3 is 1.75 bits per heavy atom. The van der Waals surface area contributed by atoms with Gasteiger partial charge in [-0.3, -0.25) is 15.0 Å². The SMILES string of the molecule is N#Cc1cn[nH]c1N=Nc1c(O)c(C(=O)Nc2ccc3[nH]c(=O)[nH]c3c2)cc2ccccc12.N#Cc1cn[nH]c1N=Nc1c(O)c(C(=O)O)cc2ccccc12. The number of carboxylic acids is 1. The van der Waals surface area contributed by atoms with E-state index in [9.17, 15) is 29.7 Å². The Hall–Kier alpha value is -8.97. The summed E-state index contributed by atoms with van der Waals surface area (Å²) in [5, 5.41) is 81.8. The molecular formula is C37H23N13O6. The number of phenolic OH excluding ortho intramolecular Hbond substituents is 1. The molecule has 0 bridgehead atoms. The van der Waals surface area contributed by atoms with Gasteiger partial charge in [0.25, 0.3) is 5.91 Å². The molecule has 0 unspecified atom stereocenters. The van der Waals surface area contributed by atoms with E-state index >= 15 is 0 Å². The molecule has 5 aromatic carbocycles. The van der Waals surface area contributed by atoms with E-state index < -0.39 is 17.6 Å². The zero-order chi connectivity index (χ0) is 39.3. The minimum Gasteiger partial charge on any atom is -0.505 e. The normalized spacial score (nSPS) is 11.1. The number of rotatable bonds is 7. The molecule has 8 N–H and O–H groups in total. The number of azo groups is 2. The molecule has 8 aromatic rings. The van der Waals surface area contributed by atoms with Gasteiger partial charge in [-0.2, -0.15) is 20.7 Å². The molecule has 0 aliphatic carbocycles. The molecule has 0 atom stereocenters. The van der Waals surface area contributed by atoms with Crippen LogP contribution in [0.3, 0.4) is 0 Å². The van der Waals surface area contributed by atoms with Gasteiger partial charge in [-0.1, -0.05) is 48.5 Å². The molecule has 3 aromatic heterocycles. The quantitative estimate of drug-likeness (QED) is 0.0756. The third kappa shape index (κ3) is 6.96. The number of carbonyl (C=O) groups is 2. The van der Waals surface area contributed by atoms with Crippen molar-refractivity contribution < 1.29 is 24.9 Å². The number of imidazole rings is 1. The minimum absolute atomic E-state index is 0.0130. The summed E-state index contributed by atoms with van der Waals surface area (Å²) in [6, 6.07) is 25.6. The van der Waals surface area contributed by atoms with E-state index in [1.807, 2.05) is 12.1 Å². The monoisotopic (exact) mass is 745 g/mol. The lowest BCUT2D eigenvalue weighted by Gasteiger charge is -2.11. The maximum Gasteiger partial charge on any atom is 0.339 e. The third-order valence-corrected chi connectivity index (χ3v) is 8.22. The second kappa shape index (κ2) is 14.9. The molecule has 272 valence electrons. The Morgan fingerprint density at radius 1 is 0.679 bits per heavy atom. The predicted molar refractivity (Wildman–Crippen MR) is 200 cm³/mol. The standard InChI is InChI=1S/C22H14N8O3.C15H9N5O3/c23-9-12-10-24-29-20(12)30-28-18-14-4-2-1-3-11(14)7-15(19(18)31)21(32)25-13-5-6-16-17(8-13)27-22(33)26-16;16-6-9-7-17-19-14(9)20-18-12-10-4-2-1-3-8(10)5-11(13(12)21)15(22)23/h1-8,10,31H,(H,24,29)(H,25,32)(H2,26,27,33);1-5,7,21H,(H,17,19)(H,22,23). The Morgan fingerprint density at radius 2 is 1.20 bits per heavy atom. The molecular weight excluding hydrogens is 722 g/mol. The average Bonchev–Trinajstić information content (AvgIpc) is 3.95. The third-order valence-electron chi connectivity index (χ3n) is 8.22. The molecule has 19 heteroatoms. The topological polar surface area (TPSA) is 310 Å². The fourth-order valence-electron chi connectivity index (χ4n) is 5.56. The predicted octanol–water partition coefficient (Wildman–Crippen LogP) is 7.23. The van der Waals surface area contributed by atoms with Crippen molar-refractivity contribution in [3.05, 3.63) is 124 Å². The molecule has 0 radical (unpaired) electrons. The second-order valence-corrected chi connectivity index (χ2v) is 11.7. The number of nitrogens with zero attached hydrogens (tertiary/aromatic N) is 8. The summed E-state index contributed by atoms with van der Waals surface area (Å²) in [6.45, 7) is 0. The number of aromatic carboxylic acids is 1. The number of fused-ring (bicyclic) bond motifs is 3. The van der Waals surface area contributed by atoms with Crippen molar-refractivity contribution >= 4 is 73.2 Å². The highest BCUT2D eigenvalue weighted by Crippen LogP contribution is 2.41. The zero-order valence-corrected chi connectivity index (χ0v) is 28.3. The molecule has 0 saturated carbocycles. The zero-order valence-electron chi connectivity index (χ0n) is 28.3. The fourth-order valence-corrected chi connectivity index (χ4v) is 5.56. The molecule has 8 rings (SSSR count). The van der Waals surface area contributed by atoms with E-state index in [1.165, 1.54) is 18.5 Å². The Labute approximate surface area is 311 Å². The molecule has 56 heavy (non-hydrogen) atoms. The lowest BCUT2D eigenvalue weighted by atomic mass is 10.0. The number of amides is 1. The molecule has 19 nitrogen and oxygen atoms in total. The van der Waals surface area contributed by atoms with Crippen LogP contribution in [0.4, 0.5) is 28.7 Å². The van der Waals surface area contributed by atoms with Crippen LogP contribution in [0.1, 0.15) is 31.8 Å². The van der Waals surface area contributed by atoms with E-state index in [1.54, 1.807) is 72.8 Å². The number of carboxylic acid groups (broad SMARTS) is 1. The van der Waals surface area contributed by atoms with Gasteiger partial charge >= 0.3 is 11.7 Å². The van der Waals surface area contributed by atoms with Crippen molar-refractivity contribution in [1.82, 2.24) is 30.4 Å². The summed E-state index contributed by atoms with van der Waals surface area (Å²) in [5.74, 6) is -2.46. The number of nitrogens with one attached hydrogen (secondary N) is 5. The Bertz CT molecular complexity index is 3050. The van der Waals surface area contributed by atoms with Crippen LogP contribution in [0, 0.1) is 22.7 Å². The lowest BCUT2D eigenvalue weighted by Crippen LogP contribution is -2.12. The van der Waals surface area contributed by atoms with E-state index in [0.717, 1.165) is 0 Å². The number of benzene rings is 5. The summed E-state index contributed by atoms with van der Waals surface area (Å²) >= 11 is 0. The van der Waals surface area contributed by atoms with E-state index in [4.69, 9.17) is 10.5 Å². The van der Waals surface area contributed by atoms with E-state index in [0.29, 0.717) is 38.3 Å². The molecule has 0 fully saturated rings. The van der Waals surface area contributed by atoms with Crippen molar-refractivity contribution in [1.29, 1.82) is 10.5 Å². The first kappa shape index (κ1) is 35.4. The van der Waals surface area contributed by atoms with Crippen LogP contribution >= 0.6 is 0 Å². The van der Waals surface area contributed by atoms with Crippen LogP contribution in [0.2, 0.25) is 0 Å². The first-order valence-corrected chi connectivity index (χ1v) is 16.1. The van der Waals surface area contributed by atoms with E-state index in [2.05, 4.69) is 56.1 Å². The van der Waals surface area contributed by atoms with Crippen LogP contribution in [0.5, 0.6) is 11.5 Å². The number of nitriles is 2. The highest BCUT2D eigenvalue weighted by atomic mass is 16.4. The van der Waals surface area contributed by atoms with Gasteiger partial charge in [-0.15, -0.1) is 20.5 Å². The highest BCUT2D eigenvalue weighted by molar-refractivity contribution is 6.12. The Kier molecular flexibility index (Phi) is 9.46. The molecule has 0 aliphatic rings. The number of carbonyl (C=O) groups excluding carboxylic acids is 1. The second-order valence-electron chi connectivity index (χ2n) is 11.7. The summed E-state index contributed by atoms with van der Waals surface area (Å²) in [7, 11) is 0. The van der Waals surface area contributed by atoms with Crippen molar-refractivity contribution in [2.24, 2.45) is 20.5 Å². The smallest absolute Gasteiger partial charge is 0.339 e. The molecule has 1 amide bonds. The lowest BCUT2D eigenvalue weighted by molar-refractivity contribution is 0.0693. The van der Waals surface area contributed by atoms with E-state index in [-0.39, 0.29) is 56.7 Å². The van der Waals surface area contributed by atoms with Gasteiger partial charge in [-0.25, -0.2) is 9.59 Å². The van der Waals surface area contributed by atoms with Crippen LogP contribution < -0.4 is 11.0 Å². The van der Waals surface area contributed by atoms with Crippen molar-refractivity contribution in [2.75, 3.05) is 5.32 Å². The van der Waals surface area contributed by atoms with Crippen molar-refractivity contribution in [3.8, 4) is 23.6 Å². The average molecular weight is 746 g/mol. The number of hydrogen-bond donors (Lipinski definition) is 8. The van der Waals surface area contributed by atoms with Crippen molar-refractivity contribution in [3.63, 3.8) is 0 Å². The summed E-state index contributed by atoms with van der Waals surface area (Å²) in [5.41, 5.74) is 1.37. The number of anilines is 1. The molecule has 3 heterocycles. The molecule has 0 aliphatic heterocycles. The number of H-pyrrole nitrogens is 4. The van der Waals surface area contributed by atoms with Crippen LogP contribution in [-0.2, 0) is 0 Å². The summed E-state index contributed by atoms with van der Waals surface area (Å²) < 4.78 is 0. The van der Waals surface area contributed by atoms with Crippen molar-refractivity contribution in [2.45, 2.75) is 0 Å². The summed E-state index contributed by atoms with van der Waals surface area (Å²) in [6.07, 6.45) is 2.60. The van der Waals surface area contributed by atoms with Gasteiger partial charge in [0.2, 0.25) is 0 Å². The number of aromatic nitrogens is 6. The van der Waals surface area contributed by atoms with Gasteiger partial charge in [0, 0.05) is 16.5 Å². The first-order valence-electron chi connectivity index (χ1n) is 16.1. The number of hydrogen-bond acceptors (Lipinski definition) is 13. The number of phenols is 2. The molecule has 0 spiro atoms. The van der Waals surface area contributed by atoms with Gasteiger partial charge in [0.05, 0.1) is 29.0 Å². The Balaban J connectivity index is 0.000000183. The number of aromatic amines is 4. The largest absolute Gasteiger partial charge is 0.505 e. The highest BCUT2D eigenvalue weighted by Gasteiger charge is 2.20. The number of aromatic hydroxyl groups is 2. The maximum absolute atomic E-state index is 13.0. The summed E-state index contributed by atoms with van der Waals surface area (Å²) in [4.78, 5) is 41.0. The van der Waals surface area contributed by atoms with Gasteiger partial charge < -0.3 is 30.6 Å². The first-order chi connectivity index (χ1) is 27.1. The van der Waals surface area contributed by atoms with Gasteiger partial charge in [-0.05, 0) is 41.1 Å². The van der Waals surface area contributed by atoms with Crippen LogP contribution in [0.25, 0.3) is 32.6 Å².